The predicted octanol–water partition coefficient (Wildman–Crippen LogP) is 5.37. The third-order valence-electron chi connectivity index (χ3n) is 3.12. The number of methoxy groups -OCH3 is 1. The topological polar surface area (TPSA) is 21.3 Å². The zero-order chi connectivity index (χ0) is 19.2. The standard InChI is InChI=1S/C7H13F2N.C7H6F2O.C2H6.CH3F/c1-10-6-3-2-4-7(8,9)5-6;1-10-7-3-5(8)2-6(9)4-7;2*1-2/h6,10H,2-5H2,1H3;2-4H,1H3;1-2H3;1H3/t6-;;;/m0.../s1. The van der Waals surface area contributed by atoms with Crippen LogP contribution in [0, 0.1) is 11.6 Å². The van der Waals surface area contributed by atoms with E-state index in [-0.39, 0.29) is 24.6 Å². The van der Waals surface area contributed by atoms with Gasteiger partial charge in [-0.25, -0.2) is 17.6 Å². The summed E-state index contributed by atoms with van der Waals surface area (Å²) in [7, 11) is 3.60. The molecule has 0 aromatic heterocycles. The molecule has 1 aromatic rings. The Morgan fingerprint density at radius 2 is 1.58 bits per heavy atom. The average Bonchev–Trinajstić information content (AvgIpc) is 2.57. The van der Waals surface area contributed by atoms with E-state index >= 15 is 0 Å². The van der Waals surface area contributed by atoms with Crippen molar-refractivity contribution in [1.82, 2.24) is 5.32 Å². The van der Waals surface area contributed by atoms with Crippen LogP contribution >= 0.6 is 0 Å². The van der Waals surface area contributed by atoms with Crippen molar-refractivity contribution in [1.29, 1.82) is 0 Å². The van der Waals surface area contributed by atoms with Gasteiger partial charge in [0, 0.05) is 37.1 Å². The number of hydrogen-bond donors (Lipinski definition) is 1. The lowest BCUT2D eigenvalue weighted by atomic mass is 9.92. The molecule has 1 aliphatic rings. The minimum absolute atomic E-state index is 0.0174. The Hall–Kier alpha value is -1.37. The summed E-state index contributed by atoms with van der Waals surface area (Å²) in [5.74, 6) is -3.47. The highest BCUT2D eigenvalue weighted by Crippen LogP contribution is 2.32. The van der Waals surface area contributed by atoms with Crippen molar-refractivity contribution in [2.24, 2.45) is 0 Å². The Morgan fingerprint density at radius 3 is 1.92 bits per heavy atom. The average molecular weight is 357 g/mol. The summed E-state index contributed by atoms with van der Waals surface area (Å²) in [4.78, 5) is 0. The van der Waals surface area contributed by atoms with Crippen molar-refractivity contribution in [3.63, 3.8) is 0 Å². The molecule has 2 nitrogen and oxygen atoms in total. The molecule has 7 heteroatoms. The van der Waals surface area contributed by atoms with Crippen LogP contribution in [-0.2, 0) is 0 Å². The van der Waals surface area contributed by atoms with Crippen molar-refractivity contribution in [2.75, 3.05) is 21.3 Å². The van der Waals surface area contributed by atoms with E-state index in [0.717, 1.165) is 24.6 Å². The van der Waals surface area contributed by atoms with Crippen LogP contribution in [0.4, 0.5) is 22.0 Å². The van der Waals surface area contributed by atoms with Crippen molar-refractivity contribution in [2.45, 2.75) is 51.5 Å². The van der Waals surface area contributed by atoms with E-state index < -0.39 is 17.6 Å². The monoisotopic (exact) mass is 357 g/mol. The zero-order valence-electron chi connectivity index (χ0n) is 14.9. The van der Waals surface area contributed by atoms with Gasteiger partial charge in [0.2, 0.25) is 5.92 Å². The van der Waals surface area contributed by atoms with E-state index in [1.165, 1.54) is 7.11 Å². The van der Waals surface area contributed by atoms with Crippen molar-refractivity contribution >= 4 is 0 Å². The lowest BCUT2D eigenvalue weighted by molar-refractivity contribution is -0.0432. The second-order valence-electron chi connectivity index (χ2n) is 4.75. The first kappa shape index (κ1) is 24.9. The van der Waals surface area contributed by atoms with Crippen LogP contribution in [0.25, 0.3) is 0 Å². The molecule has 0 bridgehead atoms. The van der Waals surface area contributed by atoms with Crippen LogP contribution in [-0.4, -0.2) is 33.3 Å². The molecule has 1 atom stereocenters. The highest BCUT2D eigenvalue weighted by Gasteiger charge is 2.35. The number of ether oxygens (including phenoxy) is 1. The van der Waals surface area contributed by atoms with Gasteiger partial charge >= 0.3 is 0 Å². The van der Waals surface area contributed by atoms with Crippen LogP contribution in [0.5, 0.6) is 5.75 Å². The molecule has 2 rings (SSSR count). The quantitative estimate of drug-likeness (QED) is 0.719. The maximum Gasteiger partial charge on any atom is 0.249 e. The molecular weight excluding hydrogens is 329 g/mol. The molecular formula is C17H28F5NO. The van der Waals surface area contributed by atoms with Crippen LogP contribution in [0.15, 0.2) is 18.2 Å². The van der Waals surface area contributed by atoms with Crippen molar-refractivity contribution in [3.05, 3.63) is 29.8 Å². The number of rotatable bonds is 2. The molecule has 1 fully saturated rings. The number of benzene rings is 1. The molecule has 0 aliphatic heterocycles. The van der Waals surface area contributed by atoms with E-state index in [1.807, 2.05) is 13.8 Å². The third-order valence-corrected chi connectivity index (χ3v) is 3.12. The van der Waals surface area contributed by atoms with Gasteiger partial charge in [-0.05, 0) is 19.9 Å². The minimum atomic E-state index is -2.41. The Balaban J connectivity index is 0. The summed E-state index contributed by atoms with van der Waals surface area (Å²) >= 11 is 0. The largest absolute Gasteiger partial charge is 0.497 e. The fourth-order valence-electron chi connectivity index (χ4n) is 2.06. The lowest BCUT2D eigenvalue weighted by Crippen LogP contribution is -2.37. The van der Waals surface area contributed by atoms with Gasteiger partial charge in [-0.2, -0.15) is 0 Å². The van der Waals surface area contributed by atoms with E-state index in [1.54, 1.807) is 7.05 Å². The summed E-state index contributed by atoms with van der Waals surface area (Å²) in [6, 6.07) is 3.05. The van der Waals surface area contributed by atoms with E-state index in [0.29, 0.717) is 13.6 Å². The highest BCUT2D eigenvalue weighted by atomic mass is 19.3. The van der Waals surface area contributed by atoms with Crippen LogP contribution in [0.3, 0.4) is 0 Å². The second kappa shape index (κ2) is 14.0. The van der Waals surface area contributed by atoms with Gasteiger partial charge in [0.05, 0.1) is 14.3 Å². The first-order valence-corrected chi connectivity index (χ1v) is 7.79. The number of hydrogen-bond acceptors (Lipinski definition) is 2. The van der Waals surface area contributed by atoms with Gasteiger partial charge in [0.15, 0.2) is 0 Å². The maximum atomic E-state index is 12.6. The lowest BCUT2D eigenvalue weighted by Gasteiger charge is -2.28. The van der Waals surface area contributed by atoms with E-state index in [4.69, 9.17) is 0 Å². The molecule has 142 valence electrons. The highest BCUT2D eigenvalue weighted by molar-refractivity contribution is 5.23. The number of halogens is 5. The molecule has 1 N–H and O–H groups in total. The normalized spacial score (nSPS) is 17.8. The first-order chi connectivity index (χ1) is 11.4. The van der Waals surface area contributed by atoms with Gasteiger partial charge in [-0.1, -0.05) is 13.8 Å². The summed E-state index contributed by atoms with van der Waals surface area (Å²) in [6.45, 7) is 4.00. The molecule has 0 spiro atoms. The van der Waals surface area contributed by atoms with E-state index in [2.05, 4.69) is 10.1 Å². The predicted molar refractivity (Wildman–Crippen MR) is 87.6 cm³/mol. The first-order valence-electron chi connectivity index (χ1n) is 7.79. The molecule has 0 radical (unpaired) electrons. The second-order valence-corrected chi connectivity index (χ2v) is 4.75. The molecule has 1 aliphatic carbocycles. The van der Waals surface area contributed by atoms with Gasteiger partial charge in [0.1, 0.15) is 17.4 Å². The third kappa shape index (κ3) is 11.2. The Morgan fingerprint density at radius 1 is 1.08 bits per heavy atom. The van der Waals surface area contributed by atoms with Crippen LogP contribution in [0.2, 0.25) is 0 Å². The summed E-state index contributed by atoms with van der Waals surface area (Å²) in [5.41, 5.74) is 0. The summed E-state index contributed by atoms with van der Waals surface area (Å²) in [6.07, 6.45) is 1.64. The van der Waals surface area contributed by atoms with Crippen LogP contribution < -0.4 is 10.1 Å². The molecule has 0 amide bonds. The van der Waals surface area contributed by atoms with Gasteiger partial charge in [-0.3, -0.25) is 4.39 Å². The molecule has 0 unspecified atom stereocenters. The minimum Gasteiger partial charge on any atom is -0.497 e. The zero-order valence-corrected chi connectivity index (χ0v) is 14.9. The van der Waals surface area contributed by atoms with Gasteiger partial charge < -0.3 is 10.1 Å². The summed E-state index contributed by atoms with van der Waals surface area (Å²) in [5, 5.41) is 2.88. The molecule has 1 aromatic carbocycles. The summed E-state index contributed by atoms with van der Waals surface area (Å²) < 4.78 is 63.9. The van der Waals surface area contributed by atoms with Crippen molar-refractivity contribution < 1.29 is 26.7 Å². The van der Waals surface area contributed by atoms with Crippen molar-refractivity contribution in [3.8, 4) is 5.75 Å². The van der Waals surface area contributed by atoms with E-state index in [9.17, 15) is 22.0 Å². The molecule has 24 heavy (non-hydrogen) atoms. The molecule has 0 heterocycles. The van der Waals surface area contributed by atoms with Gasteiger partial charge in [0.25, 0.3) is 0 Å². The Bertz CT molecular complexity index is 409. The van der Waals surface area contributed by atoms with Gasteiger partial charge in [-0.15, -0.1) is 0 Å². The molecule has 1 saturated carbocycles. The molecule has 0 saturated heterocycles. The fraction of sp³-hybridized carbons (Fsp3) is 0.647. The number of alkyl halides is 3. The maximum absolute atomic E-state index is 12.6. The number of nitrogens with one attached hydrogen (secondary N) is 1. The smallest absolute Gasteiger partial charge is 0.249 e. The fourth-order valence-corrected chi connectivity index (χ4v) is 2.06. The SMILES string of the molecule is CC.CF.CN[C@H]1CCCC(F)(F)C1.COc1cc(F)cc(F)c1. The Kier molecular flexibility index (Phi) is 14.5. The Labute approximate surface area is 141 Å². The van der Waals surface area contributed by atoms with Crippen LogP contribution in [0.1, 0.15) is 39.5 Å².